The molecule has 2 rings (SSSR count). The highest BCUT2D eigenvalue weighted by Crippen LogP contribution is 2.15. The monoisotopic (exact) mass is 282 g/mol. The number of anilines is 1. The fraction of sp³-hybridized carbons (Fsp3) is 0.0625. The zero-order valence-corrected chi connectivity index (χ0v) is 11.4. The molecule has 0 aliphatic rings. The Morgan fingerprint density at radius 3 is 2.57 bits per heavy atom. The van der Waals surface area contributed by atoms with Gasteiger partial charge >= 0.3 is 5.97 Å². The topological polar surface area (TPSA) is 79.3 Å². The highest BCUT2D eigenvalue weighted by atomic mass is 16.4. The molecule has 106 valence electrons. The maximum Gasteiger partial charge on any atom is 0.328 e. The summed E-state index contributed by atoms with van der Waals surface area (Å²) >= 11 is 0. The molecule has 0 radical (unpaired) electrons. The largest absolute Gasteiger partial charge is 0.478 e. The van der Waals surface area contributed by atoms with Crippen molar-refractivity contribution in [3.8, 4) is 0 Å². The van der Waals surface area contributed by atoms with Crippen LogP contribution in [-0.2, 0) is 4.79 Å². The Kier molecular flexibility index (Phi) is 4.46. The number of aromatic nitrogens is 1. The van der Waals surface area contributed by atoms with Crippen molar-refractivity contribution in [2.75, 3.05) is 5.32 Å². The van der Waals surface area contributed by atoms with E-state index < -0.39 is 5.97 Å². The van der Waals surface area contributed by atoms with E-state index >= 15 is 0 Å². The van der Waals surface area contributed by atoms with Gasteiger partial charge in [-0.2, -0.15) is 0 Å². The second-order valence-electron chi connectivity index (χ2n) is 4.44. The average Bonchev–Trinajstić information content (AvgIpc) is 2.47. The number of carbonyl (C=O) groups is 2. The third kappa shape index (κ3) is 4.01. The SMILES string of the molecule is Cc1ccc(C=CC(=O)O)cc1C(=O)Nc1ccncc1. The first-order valence-corrected chi connectivity index (χ1v) is 6.29. The molecule has 0 aliphatic carbocycles. The molecular weight excluding hydrogens is 268 g/mol. The van der Waals surface area contributed by atoms with Crippen molar-refractivity contribution in [3.63, 3.8) is 0 Å². The Labute approximate surface area is 122 Å². The normalized spacial score (nSPS) is 10.5. The predicted molar refractivity (Wildman–Crippen MR) is 80.0 cm³/mol. The van der Waals surface area contributed by atoms with Crippen molar-refractivity contribution < 1.29 is 14.7 Å². The standard InChI is InChI=1S/C16H14N2O3/c1-11-2-3-12(4-5-15(19)20)10-14(11)16(21)18-13-6-8-17-9-7-13/h2-10H,1H3,(H,19,20)(H,17,18,21). The number of benzene rings is 1. The van der Waals surface area contributed by atoms with E-state index in [4.69, 9.17) is 5.11 Å². The Hall–Kier alpha value is -2.95. The molecule has 0 fully saturated rings. The molecule has 1 heterocycles. The number of pyridine rings is 1. The molecular formula is C16H14N2O3. The second-order valence-corrected chi connectivity index (χ2v) is 4.44. The Morgan fingerprint density at radius 1 is 1.19 bits per heavy atom. The van der Waals surface area contributed by atoms with E-state index in [-0.39, 0.29) is 5.91 Å². The Morgan fingerprint density at radius 2 is 1.90 bits per heavy atom. The fourth-order valence-corrected chi connectivity index (χ4v) is 1.79. The molecule has 0 spiro atoms. The molecule has 0 saturated carbocycles. The molecule has 2 aromatic rings. The third-order valence-corrected chi connectivity index (χ3v) is 2.86. The van der Waals surface area contributed by atoms with Gasteiger partial charge in [0.05, 0.1) is 0 Å². The van der Waals surface area contributed by atoms with Crippen molar-refractivity contribution in [3.05, 3.63) is 65.5 Å². The number of nitrogens with zero attached hydrogens (tertiary/aromatic N) is 1. The van der Waals surface area contributed by atoms with Crippen LogP contribution in [0.2, 0.25) is 0 Å². The van der Waals surface area contributed by atoms with Crippen molar-refractivity contribution in [2.45, 2.75) is 6.92 Å². The summed E-state index contributed by atoms with van der Waals surface area (Å²) in [6.45, 7) is 1.83. The van der Waals surface area contributed by atoms with Crippen molar-refractivity contribution in [2.24, 2.45) is 0 Å². The summed E-state index contributed by atoms with van der Waals surface area (Å²) in [6, 6.07) is 8.59. The van der Waals surface area contributed by atoms with Crippen LogP contribution >= 0.6 is 0 Å². The number of carboxylic acids is 1. The minimum Gasteiger partial charge on any atom is -0.478 e. The van der Waals surface area contributed by atoms with Gasteiger partial charge in [-0.05, 0) is 42.3 Å². The van der Waals surface area contributed by atoms with E-state index in [1.807, 2.05) is 6.92 Å². The van der Waals surface area contributed by atoms with E-state index in [1.165, 1.54) is 6.08 Å². The molecule has 5 heteroatoms. The average molecular weight is 282 g/mol. The fourth-order valence-electron chi connectivity index (χ4n) is 1.79. The van der Waals surface area contributed by atoms with E-state index in [0.29, 0.717) is 16.8 Å². The second kappa shape index (κ2) is 6.47. The lowest BCUT2D eigenvalue weighted by atomic mass is 10.0. The van der Waals surface area contributed by atoms with Gasteiger partial charge in [-0.3, -0.25) is 9.78 Å². The molecule has 0 aliphatic heterocycles. The van der Waals surface area contributed by atoms with Gasteiger partial charge in [0, 0.05) is 29.7 Å². The molecule has 1 amide bonds. The number of aryl methyl sites for hydroxylation is 1. The molecule has 1 aromatic heterocycles. The number of amides is 1. The van der Waals surface area contributed by atoms with Crippen molar-refractivity contribution in [1.29, 1.82) is 0 Å². The summed E-state index contributed by atoms with van der Waals surface area (Å²) in [5.41, 5.74) is 2.62. The van der Waals surface area contributed by atoms with Crippen LogP contribution in [0.3, 0.4) is 0 Å². The number of rotatable bonds is 4. The lowest BCUT2D eigenvalue weighted by Crippen LogP contribution is -2.13. The molecule has 1 aromatic carbocycles. The minimum absolute atomic E-state index is 0.246. The van der Waals surface area contributed by atoms with Gasteiger partial charge in [-0.15, -0.1) is 0 Å². The molecule has 2 N–H and O–H groups in total. The van der Waals surface area contributed by atoms with Crippen LogP contribution in [0.15, 0.2) is 48.8 Å². The van der Waals surface area contributed by atoms with Gasteiger partial charge in [0.2, 0.25) is 0 Å². The van der Waals surface area contributed by atoms with E-state index in [9.17, 15) is 9.59 Å². The quantitative estimate of drug-likeness (QED) is 0.845. The van der Waals surface area contributed by atoms with E-state index in [0.717, 1.165) is 11.6 Å². The zero-order valence-electron chi connectivity index (χ0n) is 11.4. The highest BCUT2D eigenvalue weighted by molar-refractivity contribution is 6.05. The number of carbonyl (C=O) groups excluding carboxylic acids is 1. The predicted octanol–water partition coefficient (Wildman–Crippen LogP) is 2.74. The summed E-state index contributed by atoms with van der Waals surface area (Å²) in [6.07, 6.45) is 5.67. The molecule has 0 atom stereocenters. The summed E-state index contributed by atoms with van der Waals surface area (Å²) in [4.78, 5) is 26.7. The van der Waals surface area contributed by atoms with Gasteiger partial charge in [-0.1, -0.05) is 12.1 Å². The van der Waals surface area contributed by atoms with Gasteiger partial charge in [0.15, 0.2) is 0 Å². The maximum atomic E-state index is 12.3. The lowest BCUT2D eigenvalue weighted by Gasteiger charge is -2.08. The van der Waals surface area contributed by atoms with Crippen molar-refractivity contribution in [1.82, 2.24) is 4.98 Å². The molecule has 0 unspecified atom stereocenters. The van der Waals surface area contributed by atoms with Crippen LogP contribution in [0.4, 0.5) is 5.69 Å². The zero-order chi connectivity index (χ0) is 15.2. The van der Waals surface area contributed by atoms with Gasteiger partial charge in [0.1, 0.15) is 0 Å². The van der Waals surface area contributed by atoms with Crippen LogP contribution in [-0.4, -0.2) is 22.0 Å². The molecule has 0 saturated heterocycles. The van der Waals surface area contributed by atoms with Crippen LogP contribution in [0, 0.1) is 6.92 Å². The minimum atomic E-state index is -1.03. The molecule has 21 heavy (non-hydrogen) atoms. The van der Waals surface area contributed by atoms with Crippen molar-refractivity contribution >= 4 is 23.6 Å². The van der Waals surface area contributed by atoms with Crippen LogP contribution < -0.4 is 5.32 Å². The summed E-state index contributed by atoms with van der Waals surface area (Å²) in [5.74, 6) is -1.28. The lowest BCUT2D eigenvalue weighted by molar-refractivity contribution is -0.131. The number of aliphatic carboxylic acids is 1. The first kappa shape index (κ1) is 14.5. The molecule has 5 nitrogen and oxygen atoms in total. The Balaban J connectivity index is 2.24. The summed E-state index contributed by atoms with van der Waals surface area (Å²) in [7, 11) is 0. The molecule has 0 bridgehead atoms. The van der Waals surface area contributed by atoms with Gasteiger partial charge < -0.3 is 10.4 Å². The van der Waals surface area contributed by atoms with E-state index in [2.05, 4.69) is 10.3 Å². The Bertz CT molecular complexity index is 694. The van der Waals surface area contributed by atoms with Gasteiger partial charge in [0.25, 0.3) is 5.91 Å². The summed E-state index contributed by atoms with van der Waals surface area (Å²) < 4.78 is 0. The number of hydrogen-bond donors (Lipinski definition) is 2. The van der Waals surface area contributed by atoms with Crippen LogP contribution in [0.5, 0.6) is 0 Å². The number of hydrogen-bond acceptors (Lipinski definition) is 3. The van der Waals surface area contributed by atoms with Gasteiger partial charge in [-0.25, -0.2) is 4.79 Å². The van der Waals surface area contributed by atoms with E-state index in [1.54, 1.807) is 42.7 Å². The number of nitrogens with one attached hydrogen (secondary N) is 1. The number of carboxylic acid groups (broad SMARTS) is 1. The summed E-state index contributed by atoms with van der Waals surface area (Å²) in [5, 5.41) is 11.4. The van der Waals surface area contributed by atoms with Crippen LogP contribution in [0.1, 0.15) is 21.5 Å². The first-order valence-electron chi connectivity index (χ1n) is 6.29. The smallest absolute Gasteiger partial charge is 0.328 e. The van der Waals surface area contributed by atoms with Crippen LogP contribution in [0.25, 0.3) is 6.08 Å². The maximum absolute atomic E-state index is 12.3. The third-order valence-electron chi connectivity index (χ3n) is 2.86. The highest BCUT2D eigenvalue weighted by Gasteiger charge is 2.09. The first-order chi connectivity index (χ1) is 10.1.